The van der Waals surface area contributed by atoms with Crippen molar-refractivity contribution in [2.24, 2.45) is 0 Å². The van der Waals surface area contributed by atoms with Gasteiger partial charge in [0.2, 0.25) is 5.91 Å². The number of amides is 2. The Hall–Kier alpha value is -2.94. The van der Waals surface area contributed by atoms with Crippen LogP contribution in [0, 0.1) is 0 Å². The summed E-state index contributed by atoms with van der Waals surface area (Å²) in [5.74, 6) is -1.42. The Morgan fingerprint density at radius 1 is 1.16 bits per heavy atom. The lowest BCUT2D eigenvalue weighted by Crippen LogP contribution is -2.48. The predicted molar refractivity (Wildman–Crippen MR) is 108 cm³/mol. The van der Waals surface area contributed by atoms with E-state index in [1.807, 2.05) is 0 Å². The monoisotopic (exact) mass is 435 g/mol. The van der Waals surface area contributed by atoms with Crippen LogP contribution in [0.1, 0.15) is 49.3 Å². The Morgan fingerprint density at radius 2 is 1.90 bits per heavy atom. The predicted octanol–water partition coefficient (Wildman–Crippen LogP) is 3.62. The number of pyridine rings is 1. The minimum Gasteiger partial charge on any atom is -0.387 e. The highest BCUT2D eigenvalue weighted by molar-refractivity contribution is 6.01. The van der Waals surface area contributed by atoms with Crippen LogP contribution in [0.2, 0.25) is 0 Å². The fourth-order valence-corrected chi connectivity index (χ4v) is 3.83. The highest BCUT2D eigenvalue weighted by atomic mass is 19.4. The van der Waals surface area contributed by atoms with Crippen molar-refractivity contribution in [1.29, 1.82) is 0 Å². The maximum Gasteiger partial charge on any atom is 0.416 e. The second-order valence-corrected chi connectivity index (χ2v) is 7.50. The van der Waals surface area contributed by atoms with Gasteiger partial charge in [-0.25, -0.2) is 0 Å². The van der Waals surface area contributed by atoms with Crippen molar-refractivity contribution in [3.63, 3.8) is 0 Å². The second kappa shape index (κ2) is 9.91. The Balaban J connectivity index is 2.04. The summed E-state index contributed by atoms with van der Waals surface area (Å²) in [4.78, 5) is 30.9. The lowest BCUT2D eigenvalue weighted by molar-refractivity contribution is -0.137. The van der Waals surface area contributed by atoms with Crippen LogP contribution in [0.5, 0.6) is 0 Å². The van der Waals surface area contributed by atoms with Crippen LogP contribution in [-0.2, 0) is 15.8 Å². The quantitative estimate of drug-likeness (QED) is 0.726. The van der Waals surface area contributed by atoms with Crippen molar-refractivity contribution in [2.45, 2.75) is 50.4 Å². The van der Waals surface area contributed by atoms with Crippen molar-refractivity contribution in [1.82, 2.24) is 10.3 Å². The van der Waals surface area contributed by atoms with E-state index in [4.69, 9.17) is 0 Å². The number of aromatic nitrogens is 1. The summed E-state index contributed by atoms with van der Waals surface area (Å²) in [5.41, 5.74) is -0.769. The summed E-state index contributed by atoms with van der Waals surface area (Å²) >= 11 is 0. The first kappa shape index (κ1) is 22.7. The molecule has 1 aromatic carbocycles. The van der Waals surface area contributed by atoms with Crippen LogP contribution in [0.4, 0.5) is 18.9 Å². The number of carbonyl (C=O) groups is 2. The minimum absolute atomic E-state index is 0.0759. The van der Waals surface area contributed by atoms with Crippen molar-refractivity contribution in [2.75, 3.05) is 11.5 Å². The number of carbonyl (C=O) groups excluding carboxylic acids is 2. The molecule has 31 heavy (non-hydrogen) atoms. The van der Waals surface area contributed by atoms with Crippen LogP contribution in [0.25, 0.3) is 0 Å². The SMILES string of the molecule is O=C(NC1CCCCC1)C(c1cccnc1)N(C(=O)CO)c1cccc(C(F)(F)F)c1. The summed E-state index contributed by atoms with van der Waals surface area (Å²) in [6.45, 7) is -0.969. The largest absolute Gasteiger partial charge is 0.416 e. The molecule has 166 valence electrons. The van der Waals surface area contributed by atoms with Gasteiger partial charge in [-0.3, -0.25) is 19.5 Å². The molecule has 0 bridgehead atoms. The van der Waals surface area contributed by atoms with E-state index in [-0.39, 0.29) is 11.7 Å². The molecule has 1 aliphatic carbocycles. The van der Waals surface area contributed by atoms with Crippen LogP contribution >= 0.6 is 0 Å². The van der Waals surface area contributed by atoms with E-state index in [1.165, 1.54) is 18.5 Å². The molecule has 1 fully saturated rings. The summed E-state index contributed by atoms with van der Waals surface area (Å²) in [7, 11) is 0. The Kier molecular flexibility index (Phi) is 7.27. The molecule has 1 saturated carbocycles. The molecule has 0 radical (unpaired) electrons. The number of nitrogens with zero attached hydrogens (tertiary/aromatic N) is 2. The van der Waals surface area contributed by atoms with Crippen LogP contribution in [0.15, 0.2) is 48.8 Å². The smallest absolute Gasteiger partial charge is 0.387 e. The highest BCUT2D eigenvalue weighted by Gasteiger charge is 2.36. The number of halogens is 3. The Labute approximate surface area is 178 Å². The van der Waals surface area contributed by atoms with Crippen molar-refractivity contribution >= 4 is 17.5 Å². The van der Waals surface area contributed by atoms with Crippen LogP contribution in [-0.4, -0.2) is 34.6 Å². The molecule has 0 spiro atoms. The van der Waals surface area contributed by atoms with Crippen molar-refractivity contribution < 1.29 is 27.9 Å². The molecular weight excluding hydrogens is 411 g/mol. The molecule has 1 aromatic heterocycles. The van der Waals surface area contributed by atoms with Gasteiger partial charge in [0.25, 0.3) is 5.91 Å². The van der Waals surface area contributed by atoms with E-state index < -0.39 is 36.2 Å². The Bertz CT molecular complexity index is 900. The van der Waals surface area contributed by atoms with Gasteiger partial charge in [0, 0.05) is 29.7 Å². The van der Waals surface area contributed by atoms with Gasteiger partial charge in [0.05, 0.1) is 5.56 Å². The lowest BCUT2D eigenvalue weighted by atomic mass is 9.94. The van der Waals surface area contributed by atoms with E-state index in [0.717, 1.165) is 55.2 Å². The topological polar surface area (TPSA) is 82.5 Å². The van der Waals surface area contributed by atoms with E-state index in [1.54, 1.807) is 12.1 Å². The molecule has 6 nitrogen and oxygen atoms in total. The number of hydrogen-bond acceptors (Lipinski definition) is 4. The van der Waals surface area contributed by atoms with Gasteiger partial charge in [-0.15, -0.1) is 0 Å². The maximum absolute atomic E-state index is 13.3. The molecule has 0 saturated heterocycles. The number of benzene rings is 1. The Morgan fingerprint density at radius 3 is 2.52 bits per heavy atom. The number of hydrogen-bond donors (Lipinski definition) is 2. The summed E-state index contributed by atoms with van der Waals surface area (Å²) in [6.07, 6.45) is 2.85. The average Bonchev–Trinajstić information content (AvgIpc) is 2.77. The van der Waals surface area contributed by atoms with Crippen molar-refractivity contribution in [3.8, 4) is 0 Å². The first-order valence-electron chi connectivity index (χ1n) is 10.1. The first-order valence-corrected chi connectivity index (χ1v) is 10.1. The van der Waals surface area contributed by atoms with E-state index in [9.17, 15) is 27.9 Å². The molecule has 1 unspecified atom stereocenters. The van der Waals surface area contributed by atoms with Gasteiger partial charge in [0.1, 0.15) is 12.6 Å². The number of rotatable bonds is 6. The van der Waals surface area contributed by atoms with Gasteiger partial charge in [-0.05, 0) is 37.1 Å². The summed E-state index contributed by atoms with van der Waals surface area (Å²) < 4.78 is 39.8. The van der Waals surface area contributed by atoms with E-state index in [2.05, 4.69) is 10.3 Å². The zero-order chi connectivity index (χ0) is 22.4. The molecule has 1 atom stereocenters. The zero-order valence-corrected chi connectivity index (χ0v) is 16.8. The van der Waals surface area contributed by atoms with Crippen molar-refractivity contribution in [3.05, 3.63) is 59.9 Å². The fourth-order valence-electron chi connectivity index (χ4n) is 3.83. The van der Waals surface area contributed by atoms with Crippen LogP contribution in [0.3, 0.4) is 0 Å². The van der Waals surface area contributed by atoms with Gasteiger partial charge in [0.15, 0.2) is 0 Å². The van der Waals surface area contributed by atoms with Gasteiger partial charge in [-0.2, -0.15) is 13.2 Å². The third-order valence-corrected chi connectivity index (χ3v) is 5.31. The maximum atomic E-state index is 13.3. The minimum atomic E-state index is -4.63. The van der Waals surface area contributed by atoms with Crippen LogP contribution < -0.4 is 10.2 Å². The molecule has 2 N–H and O–H groups in total. The van der Waals surface area contributed by atoms with E-state index in [0.29, 0.717) is 5.56 Å². The number of aliphatic hydroxyl groups excluding tert-OH is 1. The molecule has 1 aliphatic rings. The number of anilines is 1. The number of aliphatic hydroxyl groups is 1. The first-order chi connectivity index (χ1) is 14.8. The zero-order valence-electron chi connectivity index (χ0n) is 16.8. The third-order valence-electron chi connectivity index (χ3n) is 5.31. The summed E-state index contributed by atoms with van der Waals surface area (Å²) in [6, 6.07) is 5.94. The molecule has 2 aromatic rings. The lowest BCUT2D eigenvalue weighted by Gasteiger charge is -2.33. The molecule has 0 aliphatic heterocycles. The molecular formula is C22H24F3N3O3. The highest BCUT2D eigenvalue weighted by Crippen LogP contribution is 2.34. The van der Waals surface area contributed by atoms with Gasteiger partial charge >= 0.3 is 6.18 Å². The average molecular weight is 435 g/mol. The number of alkyl halides is 3. The molecule has 3 rings (SSSR count). The third kappa shape index (κ3) is 5.61. The number of nitrogens with one attached hydrogen (secondary N) is 1. The van der Waals surface area contributed by atoms with Gasteiger partial charge < -0.3 is 10.4 Å². The normalized spacial score (nSPS) is 15.9. The molecule has 9 heteroatoms. The summed E-state index contributed by atoms with van der Waals surface area (Å²) in [5, 5.41) is 12.5. The molecule has 1 heterocycles. The van der Waals surface area contributed by atoms with Gasteiger partial charge in [-0.1, -0.05) is 31.4 Å². The fraction of sp³-hybridized carbons (Fsp3) is 0.409. The second-order valence-electron chi connectivity index (χ2n) is 7.50. The standard InChI is InChI=1S/C22H24F3N3O3/c23-22(24,25)16-7-4-10-18(12-16)28(19(30)14-29)20(15-6-5-11-26-13-15)21(31)27-17-8-2-1-3-9-17/h4-7,10-13,17,20,29H,1-3,8-9,14H2,(H,27,31). The van der Waals surface area contributed by atoms with E-state index >= 15 is 0 Å². The molecule has 2 amide bonds.